The summed E-state index contributed by atoms with van der Waals surface area (Å²) in [6.45, 7) is 8.60. The van der Waals surface area contributed by atoms with Crippen LogP contribution in [0.5, 0.6) is 0 Å². The molecule has 0 aliphatic heterocycles. The van der Waals surface area contributed by atoms with Crippen molar-refractivity contribution in [2.75, 3.05) is 6.61 Å². The first-order valence-electron chi connectivity index (χ1n) is 8.35. The van der Waals surface area contributed by atoms with Gasteiger partial charge in [-0.05, 0) is 61.1 Å². The Hall–Kier alpha value is -1.02. The topological polar surface area (TPSA) is 29.5 Å². The Morgan fingerprint density at radius 2 is 2.38 bits per heavy atom. The molecule has 0 bridgehead atoms. The van der Waals surface area contributed by atoms with Gasteiger partial charge in [0, 0.05) is 11.7 Å². The van der Waals surface area contributed by atoms with Crippen molar-refractivity contribution in [2.45, 2.75) is 51.2 Å². The molecule has 132 valence electrons. The van der Waals surface area contributed by atoms with Crippen molar-refractivity contribution in [3.63, 3.8) is 0 Å². The molecule has 2 nitrogen and oxygen atoms in total. The number of terminal acetylenes is 1. The van der Waals surface area contributed by atoms with Gasteiger partial charge >= 0.3 is 0 Å². The fourth-order valence-electron chi connectivity index (χ4n) is 2.86. The van der Waals surface area contributed by atoms with E-state index in [2.05, 4.69) is 39.3 Å². The number of hydrogen-bond acceptors (Lipinski definition) is 4. The van der Waals surface area contributed by atoms with Gasteiger partial charge in [-0.3, -0.25) is 0 Å². The van der Waals surface area contributed by atoms with Gasteiger partial charge in [-0.1, -0.05) is 44.1 Å². The smallest absolute Gasteiger partial charge is 0.0865 e. The highest BCUT2D eigenvalue weighted by Gasteiger charge is 2.22. The molecular weight excluding hydrogens is 336 g/mol. The molecule has 0 spiro atoms. The van der Waals surface area contributed by atoms with Crippen LogP contribution in [0, 0.1) is 18.3 Å². The lowest BCUT2D eigenvalue weighted by atomic mass is 9.89. The molecule has 0 amide bonds. The van der Waals surface area contributed by atoms with Crippen LogP contribution < -0.4 is 0 Å². The summed E-state index contributed by atoms with van der Waals surface area (Å²) >= 11 is 5.56. The number of allylic oxidation sites excluding steroid dienone is 5. The summed E-state index contributed by atoms with van der Waals surface area (Å²) in [5.74, 6) is 3.54. The molecule has 4 heteroatoms. The Morgan fingerprint density at radius 3 is 2.96 bits per heavy atom. The number of hydrogen-bond donors (Lipinski definition) is 2. The third-order valence-corrected chi connectivity index (χ3v) is 5.74. The molecule has 0 aromatic rings. The van der Waals surface area contributed by atoms with Gasteiger partial charge in [0.25, 0.3) is 0 Å². The normalized spacial score (nSPS) is 20.2. The second kappa shape index (κ2) is 11.5. The van der Waals surface area contributed by atoms with E-state index in [1.165, 1.54) is 23.3 Å². The van der Waals surface area contributed by atoms with E-state index in [-0.39, 0.29) is 11.0 Å². The summed E-state index contributed by atoms with van der Waals surface area (Å²) in [6.07, 6.45) is 16.1. The second-order valence-corrected chi connectivity index (χ2v) is 7.67. The van der Waals surface area contributed by atoms with E-state index in [9.17, 15) is 5.11 Å². The quantitative estimate of drug-likeness (QED) is 0.173. The monoisotopic (exact) mass is 364 g/mol. The lowest BCUT2D eigenvalue weighted by Crippen LogP contribution is -2.12. The molecule has 1 aliphatic rings. The predicted octanol–water partition coefficient (Wildman–Crippen LogP) is 6.01. The van der Waals surface area contributed by atoms with Gasteiger partial charge in [-0.15, -0.1) is 18.2 Å². The molecule has 0 radical (unpaired) electrons. The molecule has 2 unspecified atom stereocenters. The van der Waals surface area contributed by atoms with Crippen LogP contribution in [0.3, 0.4) is 0 Å². The van der Waals surface area contributed by atoms with Gasteiger partial charge in [-0.25, -0.2) is 0 Å². The third-order valence-electron chi connectivity index (χ3n) is 4.09. The number of aliphatic hydroxyl groups excluding tert-OH is 1. The van der Waals surface area contributed by atoms with Crippen LogP contribution in [0.15, 0.2) is 46.6 Å². The lowest BCUT2D eigenvalue weighted by Gasteiger charge is -2.27. The second-order valence-electron chi connectivity index (χ2n) is 6.11. The van der Waals surface area contributed by atoms with Gasteiger partial charge in [0.1, 0.15) is 0 Å². The number of aliphatic hydroxyl groups is 1. The first-order chi connectivity index (χ1) is 11.5. The molecule has 0 aromatic carbocycles. The average Bonchev–Trinajstić information content (AvgIpc) is 2.54. The fourth-order valence-corrected chi connectivity index (χ4v) is 4.48. The van der Waals surface area contributed by atoms with Crippen LogP contribution >= 0.6 is 24.7 Å². The molecule has 2 atom stereocenters. The summed E-state index contributed by atoms with van der Waals surface area (Å²) in [5, 5.41) is 9.80. The van der Waals surface area contributed by atoms with Crippen LogP contribution in [0.4, 0.5) is 0 Å². The summed E-state index contributed by atoms with van der Waals surface area (Å²) in [5.41, 5.74) is 2.53. The lowest BCUT2D eigenvalue weighted by molar-refractivity contribution is 0.393. The average molecular weight is 365 g/mol. The Kier molecular flexibility index (Phi) is 10.1. The Bertz CT molecular complexity index is 552. The Morgan fingerprint density at radius 1 is 1.62 bits per heavy atom. The molecule has 1 aliphatic carbocycles. The third kappa shape index (κ3) is 7.25. The molecule has 0 fully saturated rings. The first-order valence-corrected chi connectivity index (χ1v) is 9.59. The highest BCUT2D eigenvalue weighted by Crippen LogP contribution is 2.42. The van der Waals surface area contributed by atoms with Crippen molar-refractivity contribution in [1.29, 1.82) is 0 Å². The molecule has 0 saturated carbocycles. The zero-order chi connectivity index (χ0) is 17.9. The summed E-state index contributed by atoms with van der Waals surface area (Å²) in [4.78, 5) is 1.45. The first kappa shape index (κ1) is 21.0. The van der Waals surface area contributed by atoms with E-state index in [0.29, 0.717) is 13.0 Å². The highest BCUT2D eigenvalue weighted by molar-refractivity contribution is 8.03. The van der Waals surface area contributed by atoms with Crippen LogP contribution in [-0.2, 0) is 4.18 Å². The highest BCUT2D eigenvalue weighted by atomic mass is 32.2. The molecule has 0 aromatic heterocycles. The minimum atomic E-state index is 0.0553. The van der Waals surface area contributed by atoms with Gasteiger partial charge in [-0.2, -0.15) is 0 Å². The van der Waals surface area contributed by atoms with Crippen LogP contribution in [0.1, 0.15) is 46.0 Å². The van der Waals surface area contributed by atoms with E-state index >= 15 is 0 Å². The number of thiol groups is 1. The molecule has 0 heterocycles. The van der Waals surface area contributed by atoms with Crippen LogP contribution in [0.2, 0.25) is 0 Å². The van der Waals surface area contributed by atoms with E-state index in [1.807, 2.05) is 23.9 Å². The van der Waals surface area contributed by atoms with Crippen molar-refractivity contribution in [3.05, 3.63) is 46.6 Å². The summed E-state index contributed by atoms with van der Waals surface area (Å²) in [6, 6.07) is 0. The molecule has 1 rings (SSSR count). The zero-order valence-electron chi connectivity index (χ0n) is 14.6. The van der Waals surface area contributed by atoms with Crippen LogP contribution in [0.25, 0.3) is 0 Å². The fraction of sp³-hybridized carbons (Fsp3) is 0.500. The molecule has 0 saturated heterocycles. The van der Waals surface area contributed by atoms with Crippen LogP contribution in [-0.4, -0.2) is 17.0 Å². The number of rotatable bonds is 9. The minimum absolute atomic E-state index is 0.0553. The summed E-state index contributed by atoms with van der Waals surface area (Å²) in [7, 11) is 0. The standard InChI is InChI=1S/C20H28O2S2/c1-5-8-18(9-7-12-22-23)20(14-16(4)21)24-19-11-10-15(3)13-17(19)6-2/h1,7-9,15,20-21,23H,4,6,10-14H2,2-3H3/b9-7-,18-8+. The maximum Gasteiger partial charge on any atom is 0.0865 e. The van der Waals surface area contributed by atoms with Crippen molar-refractivity contribution in [2.24, 2.45) is 5.92 Å². The van der Waals surface area contributed by atoms with Crippen molar-refractivity contribution in [1.82, 2.24) is 0 Å². The summed E-state index contributed by atoms with van der Waals surface area (Å²) < 4.78 is 4.77. The largest absolute Gasteiger partial charge is 0.513 e. The number of thioether (sulfide) groups is 1. The zero-order valence-corrected chi connectivity index (χ0v) is 16.3. The van der Waals surface area contributed by atoms with Gasteiger partial charge in [0.2, 0.25) is 0 Å². The van der Waals surface area contributed by atoms with Crippen molar-refractivity contribution < 1.29 is 9.29 Å². The van der Waals surface area contributed by atoms with E-state index < -0.39 is 0 Å². The van der Waals surface area contributed by atoms with E-state index in [1.54, 1.807) is 6.08 Å². The predicted molar refractivity (Wildman–Crippen MR) is 109 cm³/mol. The molecule has 24 heavy (non-hydrogen) atoms. The molecular formula is C20H28O2S2. The van der Waals surface area contributed by atoms with Crippen molar-refractivity contribution >= 4 is 24.7 Å². The maximum atomic E-state index is 9.74. The minimum Gasteiger partial charge on any atom is -0.513 e. The van der Waals surface area contributed by atoms with Gasteiger partial charge in [0.05, 0.1) is 12.4 Å². The Balaban J connectivity index is 3.04. The SMILES string of the molecule is C#C/C=C(\C=C/COS)C(CC(=C)O)SC1=C(CC)CC(C)CC1. The maximum absolute atomic E-state index is 9.74. The van der Waals surface area contributed by atoms with Crippen molar-refractivity contribution in [3.8, 4) is 12.3 Å². The van der Waals surface area contributed by atoms with E-state index in [4.69, 9.17) is 10.6 Å². The van der Waals surface area contributed by atoms with E-state index in [0.717, 1.165) is 24.3 Å². The molecule has 1 N–H and O–H groups in total. The van der Waals surface area contributed by atoms with Gasteiger partial charge in [0.15, 0.2) is 0 Å². The Labute approximate surface area is 156 Å². The van der Waals surface area contributed by atoms with Gasteiger partial charge < -0.3 is 9.29 Å².